The molecule has 1 nitrogen and oxygen atoms in total. The molecule has 2 bridgehead atoms. The van der Waals surface area contributed by atoms with Crippen LogP contribution in [0.25, 0.3) is 0 Å². The molecular formula is C9H17N. The van der Waals surface area contributed by atoms with Gasteiger partial charge in [0.05, 0.1) is 0 Å². The first-order valence-corrected chi connectivity index (χ1v) is 4.53. The standard InChI is InChI=1S/C9H17N/c1-6-8-3-4-9(5-8)7(2)10-6/h6-10H,3-5H2,1-2H3. The fourth-order valence-corrected chi connectivity index (χ4v) is 2.65. The lowest BCUT2D eigenvalue weighted by Gasteiger charge is -2.32. The molecule has 0 spiro atoms. The zero-order valence-electron chi connectivity index (χ0n) is 6.93. The first kappa shape index (κ1) is 6.66. The molecule has 1 aliphatic carbocycles. The minimum Gasteiger partial charge on any atom is -0.311 e. The second kappa shape index (κ2) is 2.23. The number of piperidine rings is 1. The summed E-state index contributed by atoms with van der Waals surface area (Å²) in [6, 6.07) is 1.57. The van der Waals surface area contributed by atoms with Gasteiger partial charge in [-0.1, -0.05) is 0 Å². The van der Waals surface area contributed by atoms with Crippen molar-refractivity contribution in [3.63, 3.8) is 0 Å². The van der Waals surface area contributed by atoms with Crippen molar-refractivity contribution >= 4 is 0 Å². The van der Waals surface area contributed by atoms with Crippen LogP contribution in [0.3, 0.4) is 0 Å². The fourth-order valence-electron chi connectivity index (χ4n) is 2.65. The Bertz CT molecular complexity index is 119. The van der Waals surface area contributed by atoms with Crippen LogP contribution in [-0.2, 0) is 0 Å². The third-order valence-corrected chi connectivity index (χ3v) is 3.45. The van der Waals surface area contributed by atoms with Crippen LogP contribution < -0.4 is 5.32 Å². The van der Waals surface area contributed by atoms with Crippen LogP contribution in [0.1, 0.15) is 33.1 Å². The molecule has 1 aliphatic heterocycles. The molecule has 0 aromatic heterocycles. The number of rotatable bonds is 0. The Labute approximate surface area is 63.2 Å². The molecule has 1 saturated carbocycles. The summed E-state index contributed by atoms with van der Waals surface area (Å²) in [5.74, 6) is 2.00. The van der Waals surface area contributed by atoms with Gasteiger partial charge in [0.15, 0.2) is 0 Å². The van der Waals surface area contributed by atoms with Gasteiger partial charge in [-0.3, -0.25) is 0 Å². The van der Waals surface area contributed by atoms with Crippen molar-refractivity contribution in [2.24, 2.45) is 11.8 Å². The maximum atomic E-state index is 3.64. The maximum absolute atomic E-state index is 3.64. The van der Waals surface area contributed by atoms with Crippen molar-refractivity contribution < 1.29 is 0 Å². The smallest absolute Gasteiger partial charge is 0.00697 e. The minimum absolute atomic E-state index is 0.786. The zero-order valence-corrected chi connectivity index (χ0v) is 6.93. The molecule has 2 rings (SSSR count). The van der Waals surface area contributed by atoms with Crippen LogP contribution in [0.2, 0.25) is 0 Å². The van der Waals surface area contributed by atoms with Gasteiger partial charge in [0.2, 0.25) is 0 Å². The largest absolute Gasteiger partial charge is 0.311 e. The van der Waals surface area contributed by atoms with Crippen LogP contribution in [0.5, 0.6) is 0 Å². The predicted molar refractivity (Wildman–Crippen MR) is 42.9 cm³/mol. The van der Waals surface area contributed by atoms with E-state index in [2.05, 4.69) is 19.2 Å². The van der Waals surface area contributed by atoms with Gasteiger partial charge in [-0.2, -0.15) is 0 Å². The maximum Gasteiger partial charge on any atom is 0.00697 e. The van der Waals surface area contributed by atoms with Crippen molar-refractivity contribution in [1.82, 2.24) is 5.32 Å². The van der Waals surface area contributed by atoms with Gasteiger partial charge in [0.25, 0.3) is 0 Å². The average Bonchev–Trinajstić information content (AvgIpc) is 2.28. The Morgan fingerprint density at radius 3 is 2.00 bits per heavy atom. The summed E-state index contributed by atoms with van der Waals surface area (Å²) in [5, 5.41) is 3.64. The highest BCUT2D eigenvalue weighted by molar-refractivity contribution is 4.93. The summed E-state index contributed by atoms with van der Waals surface area (Å²) in [6.45, 7) is 4.67. The Hall–Kier alpha value is -0.0400. The lowest BCUT2D eigenvalue weighted by molar-refractivity contribution is 0.247. The van der Waals surface area contributed by atoms with Crippen LogP contribution in [0, 0.1) is 11.8 Å². The summed E-state index contributed by atoms with van der Waals surface area (Å²) < 4.78 is 0. The Kier molecular flexibility index (Phi) is 1.48. The lowest BCUT2D eigenvalue weighted by Crippen LogP contribution is -2.45. The van der Waals surface area contributed by atoms with E-state index in [-0.39, 0.29) is 0 Å². The Balaban J connectivity index is 2.09. The third kappa shape index (κ3) is 0.878. The fraction of sp³-hybridized carbons (Fsp3) is 1.00. The van der Waals surface area contributed by atoms with Gasteiger partial charge in [0.1, 0.15) is 0 Å². The molecule has 1 heterocycles. The topological polar surface area (TPSA) is 12.0 Å². The van der Waals surface area contributed by atoms with Crippen molar-refractivity contribution in [3.05, 3.63) is 0 Å². The number of hydrogen-bond acceptors (Lipinski definition) is 1. The Morgan fingerprint density at radius 1 is 1.00 bits per heavy atom. The quantitative estimate of drug-likeness (QED) is 0.539. The molecule has 4 atom stereocenters. The number of fused-ring (bicyclic) bond motifs is 2. The minimum atomic E-state index is 0.786. The van der Waals surface area contributed by atoms with Crippen molar-refractivity contribution in [3.8, 4) is 0 Å². The molecule has 58 valence electrons. The zero-order chi connectivity index (χ0) is 7.14. The van der Waals surface area contributed by atoms with E-state index in [4.69, 9.17) is 0 Å². The van der Waals surface area contributed by atoms with Gasteiger partial charge in [-0.05, 0) is 44.9 Å². The number of hydrogen-bond donors (Lipinski definition) is 1. The number of nitrogens with one attached hydrogen (secondary N) is 1. The second-order valence-electron chi connectivity index (χ2n) is 4.08. The molecule has 4 unspecified atom stereocenters. The van der Waals surface area contributed by atoms with Crippen molar-refractivity contribution in [1.29, 1.82) is 0 Å². The molecule has 0 radical (unpaired) electrons. The first-order valence-electron chi connectivity index (χ1n) is 4.53. The summed E-state index contributed by atoms with van der Waals surface area (Å²) >= 11 is 0. The molecule has 1 N–H and O–H groups in total. The molecule has 0 amide bonds. The SMILES string of the molecule is CC1NC(C)C2CCC1C2. The third-order valence-electron chi connectivity index (χ3n) is 3.45. The van der Waals surface area contributed by atoms with E-state index in [0.717, 1.165) is 23.9 Å². The van der Waals surface area contributed by atoms with Gasteiger partial charge < -0.3 is 5.32 Å². The van der Waals surface area contributed by atoms with E-state index in [9.17, 15) is 0 Å². The van der Waals surface area contributed by atoms with Crippen molar-refractivity contribution in [2.75, 3.05) is 0 Å². The van der Waals surface area contributed by atoms with E-state index in [1.54, 1.807) is 0 Å². The summed E-state index contributed by atoms with van der Waals surface area (Å²) in [6.07, 6.45) is 4.45. The lowest BCUT2D eigenvalue weighted by atomic mass is 9.89. The highest BCUT2D eigenvalue weighted by atomic mass is 15.0. The second-order valence-corrected chi connectivity index (χ2v) is 4.08. The van der Waals surface area contributed by atoms with E-state index < -0.39 is 0 Å². The van der Waals surface area contributed by atoms with E-state index in [1.807, 2.05) is 0 Å². The van der Waals surface area contributed by atoms with Gasteiger partial charge in [0, 0.05) is 12.1 Å². The van der Waals surface area contributed by atoms with Gasteiger partial charge in [-0.15, -0.1) is 0 Å². The summed E-state index contributed by atoms with van der Waals surface area (Å²) in [5.41, 5.74) is 0. The summed E-state index contributed by atoms with van der Waals surface area (Å²) in [4.78, 5) is 0. The molecule has 1 saturated heterocycles. The van der Waals surface area contributed by atoms with Gasteiger partial charge >= 0.3 is 0 Å². The summed E-state index contributed by atoms with van der Waals surface area (Å²) in [7, 11) is 0. The van der Waals surface area contributed by atoms with Gasteiger partial charge in [-0.25, -0.2) is 0 Å². The molecule has 1 heteroatoms. The molecule has 2 aliphatic rings. The van der Waals surface area contributed by atoms with E-state index in [1.165, 1.54) is 19.3 Å². The monoisotopic (exact) mass is 139 g/mol. The van der Waals surface area contributed by atoms with Crippen molar-refractivity contribution in [2.45, 2.75) is 45.2 Å². The van der Waals surface area contributed by atoms with E-state index in [0.29, 0.717) is 0 Å². The van der Waals surface area contributed by atoms with E-state index >= 15 is 0 Å². The highest BCUT2D eigenvalue weighted by Crippen LogP contribution is 2.38. The molecule has 0 aromatic carbocycles. The molecular weight excluding hydrogens is 122 g/mol. The van der Waals surface area contributed by atoms with Crippen LogP contribution in [-0.4, -0.2) is 12.1 Å². The average molecular weight is 139 g/mol. The molecule has 2 fully saturated rings. The predicted octanol–water partition coefficient (Wildman–Crippen LogP) is 1.78. The normalized spacial score (nSPS) is 53.4. The molecule has 0 aromatic rings. The Morgan fingerprint density at radius 2 is 1.50 bits per heavy atom. The van der Waals surface area contributed by atoms with Crippen LogP contribution in [0.15, 0.2) is 0 Å². The first-order chi connectivity index (χ1) is 4.77. The highest BCUT2D eigenvalue weighted by Gasteiger charge is 2.36. The molecule has 10 heavy (non-hydrogen) atoms. The van der Waals surface area contributed by atoms with Crippen LogP contribution >= 0.6 is 0 Å². The van der Waals surface area contributed by atoms with Crippen LogP contribution in [0.4, 0.5) is 0 Å².